The number of nitrogens with one attached hydrogen (secondary N) is 1. The summed E-state index contributed by atoms with van der Waals surface area (Å²) >= 11 is 0. The van der Waals surface area contributed by atoms with Gasteiger partial charge in [-0.25, -0.2) is 4.79 Å². The molecule has 2 aromatic heterocycles. The number of aryl methyl sites for hydroxylation is 2. The van der Waals surface area contributed by atoms with Gasteiger partial charge in [0.15, 0.2) is 11.9 Å². The largest absolute Gasteiger partial charge is 0.449 e. The second-order valence-corrected chi connectivity index (χ2v) is 6.64. The molecule has 1 aliphatic rings. The maximum Gasteiger partial charge on any atom is 0.339 e. The van der Waals surface area contributed by atoms with Crippen LogP contribution in [0.3, 0.4) is 0 Å². The lowest BCUT2D eigenvalue weighted by Crippen LogP contribution is -2.30. The van der Waals surface area contributed by atoms with E-state index in [1.54, 1.807) is 13.0 Å². The Morgan fingerprint density at radius 3 is 2.85 bits per heavy atom. The number of para-hydroxylation sites is 1. The van der Waals surface area contributed by atoms with Gasteiger partial charge < -0.3 is 14.6 Å². The third kappa shape index (κ3) is 3.28. The van der Waals surface area contributed by atoms with E-state index in [1.807, 2.05) is 24.3 Å². The van der Waals surface area contributed by atoms with Crippen LogP contribution in [0.4, 0.5) is 5.82 Å². The van der Waals surface area contributed by atoms with Crippen LogP contribution in [0.25, 0.3) is 10.9 Å². The van der Waals surface area contributed by atoms with Crippen LogP contribution in [0.1, 0.15) is 40.7 Å². The Balaban J connectivity index is 1.59. The molecule has 4 rings (SSSR count). The summed E-state index contributed by atoms with van der Waals surface area (Å²) in [4.78, 5) is 29.9. The van der Waals surface area contributed by atoms with Crippen LogP contribution in [-0.2, 0) is 22.4 Å². The number of benzene rings is 1. The summed E-state index contributed by atoms with van der Waals surface area (Å²) in [5.41, 5.74) is 3.15. The zero-order valence-electron chi connectivity index (χ0n) is 15.1. The van der Waals surface area contributed by atoms with Crippen molar-refractivity contribution in [2.24, 2.45) is 0 Å². The summed E-state index contributed by atoms with van der Waals surface area (Å²) in [6.07, 6.45) is 1.62. The summed E-state index contributed by atoms with van der Waals surface area (Å²) in [5, 5.41) is 7.04. The quantitative estimate of drug-likeness (QED) is 0.714. The number of nitrogens with zero attached hydrogens (tertiary/aromatic N) is 2. The Morgan fingerprint density at radius 1 is 1.26 bits per heavy atom. The number of carbonyl (C=O) groups excluding carboxylic acids is 2. The van der Waals surface area contributed by atoms with E-state index in [1.165, 1.54) is 6.92 Å². The van der Waals surface area contributed by atoms with Crippen LogP contribution in [-0.4, -0.2) is 28.1 Å². The molecule has 138 valence electrons. The number of aromatic nitrogens is 2. The third-order valence-electron chi connectivity index (χ3n) is 4.66. The monoisotopic (exact) mass is 365 g/mol. The van der Waals surface area contributed by atoms with Gasteiger partial charge in [0.1, 0.15) is 5.76 Å². The van der Waals surface area contributed by atoms with Gasteiger partial charge in [-0.15, -0.1) is 0 Å². The van der Waals surface area contributed by atoms with E-state index >= 15 is 0 Å². The Labute approximate surface area is 155 Å². The van der Waals surface area contributed by atoms with Crippen molar-refractivity contribution in [3.8, 4) is 0 Å². The first-order valence-electron chi connectivity index (χ1n) is 8.88. The number of anilines is 1. The minimum Gasteiger partial charge on any atom is -0.449 e. The number of fused-ring (bicyclic) bond motifs is 2. The predicted octanol–water partition coefficient (Wildman–Crippen LogP) is 3.20. The molecule has 3 aromatic rings. The first kappa shape index (κ1) is 17.2. The minimum absolute atomic E-state index is 0.288. The van der Waals surface area contributed by atoms with E-state index in [0.29, 0.717) is 11.3 Å². The van der Waals surface area contributed by atoms with Gasteiger partial charge in [0.2, 0.25) is 0 Å². The van der Waals surface area contributed by atoms with Crippen molar-refractivity contribution in [2.45, 2.75) is 39.2 Å². The molecular weight excluding hydrogens is 346 g/mol. The van der Waals surface area contributed by atoms with Crippen molar-refractivity contribution < 1.29 is 18.8 Å². The fourth-order valence-corrected chi connectivity index (χ4v) is 3.37. The fraction of sp³-hybridized carbons (Fsp3) is 0.300. The van der Waals surface area contributed by atoms with Gasteiger partial charge in [0.25, 0.3) is 5.91 Å². The van der Waals surface area contributed by atoms with Gasteiger partial charge >= 0.3 is 5.97 Å². The zero-order valence-corrected chi connectivity index (χ0v) is 15.1. The van der Waals surface area contributed by atoms with E-state index in [4.69, 9.17) is 9.26 Å². The average molecular weight is 365 g/mol. The number of amides is 1. The molecule has 7 nitrogen and oxygen atoms in total. The fourth-order valence-electron chi connectivity index (χ4n) is 3.37. The molecule has 7 heteroatoms. The van der Waals surface area contributed by atoms with E-state index < -0.39 is 18.0 Å². The van der Waals surface area contributed by atoms with Gasteiger partial charge in [0, 0.05) is 17.1 Å². The lowest BCUT2D eigenvalue weighted by Gasteiger charge is -2.15. The normalized spacial score (nSPS) is 14.0. The Hall–Kier alpha value is -3.22. The van der Waals surface area contributed by atoms with Crippen molar-refractivity contribution in [2.75, 3.05) is 5.32 Å². The number of ether oxygens (including phenoxy) is 1. The standard InChI is InChI=1S/C20H19N3O4/c1-11-10-17(23-27-11)22-19(24)12(2)26-20(25)18-13-6-3-4-8-15(13)21-16-9-5-7-14(16)18/h3-4,6,8,10,12H,5,7,9H2,1-2H3,(H,22,23,24)/t12-/m0/s1. The summed E-state index contributed by atoms with van der Waals surface area (Å²) in [5.74, 6) is -0.109. The molecule has 1 amide bonds. The Bertz CT molecular complexity index is 1040. The van der Waals surface area contributed by atoms with Crippen LogP contribution >= 0.6 is 0 Å². The van der Waals surface area contributed by atoms with Crippen molar-refractivity contribution in [1.82, 2.24) is 10.1 Å². The maximum atomic E-state index is 12.9. The molecule has 0 radical (unpaired) electrons. The number of hydrogen-bond acceptors (Lipinski definition) is 6. The van der Waals surface area contributed by atoms with Crippen LogP contribution < -0.4 is 5.32 Å². The first-order valence-corrected chi connectivity index (χ1v) is 8.88. The van der Waals surface area contributed by atoms with E-state index in [-0.39, 0.29) is 5.82 Å². The molecule has 1 atom stereocenters. The van der Waals surface area contributed by atoms with Gasteiger partial charge in [-0.3, -0.25) is 9.78 Å². The molecular formula is C20H19N3O4. The molecule has 27 heavy (non-hydrogen) atoms. The molecule has 1 N–H and O–H groups in total. The Morgan fingerprint density at radius 2 is 2.07 bits per heavy atom. The topological polar surface area (TPSA) is 94.3 Å². The van der Waals surface area contributed by atoms with Crippen LogP contribution in [0, 0.1) is 6.92 Å². The highest BCUT2D eigenvalue weighted by Crippen LogP contribution is 2.30. The molecule has 0 aliphatic heterocycles. The highest BCUT2D eigenvalue weighted by Gasteiger charge is 2.27. The lowest BCUT2D eigenvalue weighted by molar-refractivity contribution is -0.123. The number of rotatable bonds is 4. The second kappa shape index (κ2) is 6.83. The van der Waals surface area contributed by atoms with Crippen molar-refractivity contribution in [3.05, 3.63) is 52.9 Å². The van der Waals surface area contributed by atoms with Gasteiger partial charge in [-0.1, -0.05) is 23.4 Å². The second-order valence-electron chi connectivity index (χ2n) is 6.64. The molecule has 0 bridgehead atoms. The van der Waals surface area contributed by atoms with Crippen LogP contribution in [0.5, 0.6) is 0 Å². The Kier molecular flexibility index (Phi) is 4.35. The number of esters is 1. The highest BCUT2D eigenvalue weighted by molar-refractivity contribution is 6.06. The van der Waals surface area contributed by atoms with Crippen LogP contribution in [0.15, 0.2) is 34.9 Å². The summed E-state index contributed by atoms with van der Waals surface area (Å²) < 4.78 is 10.4. The van der Waals surface area contributed by atoms with Gasteiger partial charge in [-0.05, 0) is 44.7 Å². The van der Waals surface area contributed by atoms with E-state index in [9.17, 15) is 9.59 Å². The van der Waals surface area contributed by atoms with Gasteiger partial charge in [0.05, 0.1) is 11.1 Å². The summed E-state index contributed by atoms with van der Waals surface area (Å²) in [7, 11) is 0. The molecule has 1 aromatic carbocycles. The SMILES string of the molecule is Cc1cc(NC(=O)[C@H](C)OC(=O)c2c3c(nc4ccccc24)CCC3)no1. The molecule has 0 saturated heterocycles. The third-order valence-corrected chi connectivity index (χ3v) is 4.66. The molecule has 1 aliphatic carbocycles. The van der Waals surface area contributed by atoms with Gasteiger partial charge in [-0.2, -0.15) is 0 Å². The summed E-state index contributed by atoms with van der Waals surface area (Å²) in [6, 6.07) is 9.09. The maximum absolute atomic E-state index is 12.9. The van der Waals surface area contributed by atoms with Crippen molar-refractivity contribution in [1.29, 1.82) is 0 Å². The molecule has 0 fully saturated rings. The van der Waals surface area contributed by atoms with Crippen molar-refractivity contribution in [3.63, 3.8) is 0 Å². The molecule has 0 spiro atoms. The number of hydrogen-bond donors (Lipinski definition) is 1. The first-order chi connectivity index (χ1) is 13.0. The smallest absolute Gasteiger partial charge is 0.339 e. The van der Waals surface area contributed by atoms with E-state index in [0.717, 1.165) is 41.4 Å². The summed E-state index contributed by atoms with van der Waals surface area (Å²) in [6.45, 7) is 3.25. The van der Waals surface area contributed by atoms with E-state index in [2.05, 4.69) is 15.5 Å². The molecule has 0 unspecified atom stereocenters. The number of carbonyl (C=O) groups is 2. The molecule has 2 heterocycles. The van der Waals surface area contributed by atoms with Crippen molar-refractivity contribution >= 4 is 28.6 Å². The average Bonchev–Trinajstić information content (AvgIpc) is 3.27. The number of pyridine rings is 1. The van der Waals surface area contributed by atoms with Crippen LogP contribution in [0.2, 0.25) is 0 Å². The lowest BCUT2D eigenvalue weighted by atomic mass is 10.0. The predicted molar refractivity (Wildman–Crippen MR) is 98.5 cm³/mol. The highest BCUT2D eigenvalue weighted by atomic mass is 16.5. The zero-order chi connectivity index (χ0) is 19.0. The molecule has 0 saturated carbocycles. The minimum atomic E-state index is -0.974.